The van der Waals surface area contributed by atoms with Crippen LogP contribution < -0.4 is 5.32 Å². The molecule has 0 spiro atoms. The predicted molar refractivity (Wildman–Crippen MR) is 75.4 cm³/mol. The molecule has 2 heterocycles. The number of imidazole rings is 1. The molecule has 0 aromatic carbocycles. The van der Waals surface area contributed by atoms with Crippen LogP contribution in [0.2, 0.25) is 0 Å². The van der Waals surface area contributed by atoms with Gasteiger partial charge in [0.1, 0.15) is 10.7 Å². The van der Waals surface area contributed by atoms with Crippen LogP contribution in [0.4, 0.5) is 0 Å². The van der Waals surface area contributed by atoms with E-state index in [0.29, 0.717) is 10.8 Å². The van der Waals surface area contributed by atoms with Crippen molar-refractivity contribution in [2.45, 2.75) is 32.2 Å². The number of rotatable bonds is 5. The Kier molecular flexibility index (Phi) is 3.52. The first kappa shape index (κ1) is 13.2. The Morgan fingerprint density at radius 3 is 3.00 bits per heavy atom. The first-order valence-corrected chi connectivity index (χ1v) is 7.57. The predicted octanol–water partition coefficient (Wildman–Crippen LogP) is 1.72. The summed E-state index contributed by atoms with van der Waals surface area (Å²) in [5.41, 5.74) is 0.766. The van der Waals surface area contributed by atoms with Crippen molar-refractivity contribution in [1.82, 2.24) is 24.5 Å². The molecule has 1 aliphatic carbocycles. The van der Waals surface area contributed by atoms with E-state index in [1.54, 1.807) is 6.20 Å². The first-order valence-electron chi connectivity index (χ1n) is 6.80. The van der Waals surface area contributed by atoms with E-state index >= 15 is 0 Å². The third kappa shape index (κ3) is 2.45. The molecule has 2 aromatic heterocycles. The maximum absolute atomic E-state index is 12.4. The molecule has 1 saturated carbocycles. The lowest BCUT2D eigenvalue weighted by atomic mass is 10.1. The lowest BCUT2D eigenvalue weighted by Gasteiger charge is -2.17. The Labute approximate surface area is 121 Å². The molecule has 1 fully saturated rings. The number of hydrogen-bond donors (Lipinski definition) is 1. The van der Waals surface area contributed by atoms with E-state index in [1.807, 2.05) is 24.7 Å². The Bertz CT molecular complexity index is 616. The first-order chi connectivity index (χ1) is 9.70. The van der Waals surface area contributed by atoms with Crippen molar-refractivity contribution in [3.05, 3.63) is 28.8 Å². The van der Waals surface area contributed by atoms with Crippen LogP contribution in [-0.2, 0) is 13.5 Å². The number of aryl methyl sites for hydroxylation is 2. The summed E-state index contributed by atoms with van der Waals surface area (Å²) in [5.74, 6) is 1.32. The molecular formula is C13H17N5OS. The van der Waals surface area contributed by atoms with Crippen LogP contribution in [0.25, 0.3) is 0 Å². The molecular weight excluding hydrogens is 274 g/mol. The van der Waals surface area contributed by atoms with Gasteiger partial charge >= 0.3 is 0 Å². The van der Waals surface area contributed by atoms with Crippen molar-refractivity contribution in [1.29, 1.82) is 0 Å². The standard InChI is InChI=1S/C13H17N5OS/c1-3-9-11(20-17-16-9)13(19)15-10(8-4-5-8)12-14-6-7-18(12)2/h6-8,10H,3-5H2,1-2H3,(H,15,19)/t10-/m0/s1. The summed E-state index contributed by atoms with van der Waals surface area (Å²) >= 11 is 1.16. The monoisotopic (exact) mass is 291 g/mol. The van der Waals surface area contributed by atoms with E-state index in [0.717, 1.165) is 42.3 Å². The van der Waals surface area contributed by atoms with Crippen LogP contribution in [0.3, 0.4) is 0 Å². The quantitative estimate of drug-likeness (QED) is 0.910. The van der Waals surface area contributed by atoms with Gasteiger partial charge in [-0.15, -0.1) is 5.10 Å². The number of amides is 1. The summed E-state index contributed by atoms with van der Waals surface area (Å²) in [5, 5.41) is 7.10. The topological polar surface area (TPSA) is 72.7 Å². The highest BCUT2D eigenvalue weighted by molar-refractivity contribution is 7.08. The minimum atomic E-state index is -0.0863. The summed E-state index contributed by atoms with van der Waals surface area (Å²) in [6, 6.07) is -0.0192. The molecule has 1 amide bonds. The second kappa shape index (κ2) is 5.32. The molecule has 2 aromatic rings. The van der Waals surface area contributed by atoms with Gasteiger partial charge in [-0.25, -0.2) is 4.98 Å². The van der Waals surface area contributed by atoms with Crippen LogP contribution in [0.1, 0.15) is 47.0 Å². The van der Waals surface area contributed by atoms with Gasteiger partial charge in [0.15, 0.2) is 0 Å². The lowest BCUT2D eigenvalue weighted by molar-refractivity contribution is 0.0932. The molecule has 0 aliphatic heterocycles. The van der Waals surface area contributed by atoms with Gasteiger partial charge in [0, 0.05) is 19.4 Å². The van der Waals surface area contributed by atoms with Crippen LogP contribution in [0.5, 0.6) is 0 Å². The highest BCUT2D eigenvalue weighted by Crippen LogP contribution is 2.40. The number of nitrogens with zero attached hydrogens (tertiary/aromatic N) is 4. The van der Waals surface area contributed by atoms with Crippen molar-refractivity contribution in [3.63, 3.8) is 0 Å². The van der Waals surface area contributed by atoms with Crippen LogP contribution in [-0.4, -0.2) is 25.0 Å². The number of nitrogens with one attached hydrogen (secondary N) is 1. The number of carbonyl (C=O) groups excluding carboxylic acids is 1. The number of hydrogen-bond acceptors (Lipinski definition) is 5. The zero-order valence-corrected chi connectivity index (χ0v) is 12.4. The minimum absolute atomic E-state index is 0.0192. The molecule has 106 valence electrons. The average molecular weight is 291 g/mol. The molecule has 1 aliphatic rings. The second-order valence-corrected chi connectivity index (χ2v) is 5.84. The fourth-order valence-corrected chi connectivity index (χ4v) is 2.97. The van der Waals surface area contributed by atoms with Gasteiger partial charge in [-0.05, 0) is 36.7 Å². The molecule has 0 unspecified atom stereocenters. The summed E-state index contributed by atoms with van der Waals surface area (Å²) in [6.07, 6.45) is 6.67. The van der Waals surface area contributed by atoms with Gasteiger partial charge in [-0.3, -0.25) is 4.79 Å². The molecule has 20 heavy (non-hydrogen) atoms. The Morgan fingerprint density at radius 1 is 1.60 bits per heavy atom. The summed E-state index contributed by atoms with van der Waals surface area (Å²) in [6.45, 7) is 1.98. The maximum atomic E-state index is 12.4. The Balaban J connectivity index is 1.81. The van der Waals surface area contributed by atoms with E-state index in [4.69, 9.17) is 0 Å². The fraction of sp³-hybridized carbons (Fsp3) is 0.538. The molecule has 3 rings (SSSR count). The third-order valence-corrected chi connectivity index (χ3v) is 4.38. The zero-order valence-electron chi connectivity index (χ0n) is 11.5. The Morgan fingerprint density at radius 2 is 2.40 bits per heavy atom. The smallest absolute Gasteiger partial charge is 0.265 e. The normalized spacial score (nSPS) is 16.1. The Hall–Kier alpha value is -1.76. The van der Waals surface area contributed by atoms with Gasteiger partial charge in [-0.2, -0.15) is 0 Å². The van der Waals surface area contributed by atoms with Crippen LogP contribution in [0.15, 0.2) is 12.4 Å². The second-order valence-electron chi connectivity index (χ2n) is 5.09. The van der Waals surface area contributed by atoms with E-state index in [2.05, 4.69) is 19.9 Å². The number of carbonyl (C=O) groups is 1. The van der Waals surface area contributed by atoms with E-state index in [9.17, 15) is 4.79 Å². The molecule has 0 radical (unpaired) electrons. The highest BCUT2D eigenvalue weighted by Gasteiger charge is 2.36. The lowest BCUT2D eigenvalue weighted by Crippen LogP contribution is -2.31. The molecule has 6 nitrogen and oxygen atoms in total. The largest absolute Gasteiger partial charge is 0.341 e. The number of aromatic nitrogens is 4. The van der Waals surface area contributed by atoms with Gasteiger partial charge in [0.25, 0.3) is 5.91 Å². The molecule has 1 N–H and O–H groups in total. The van der Waals surface area contributed by atoms with Crippen molar-refractivity contribution in [3.8, 4) is 0 Å². The molecule has 7 heteroatoms. The van der Waals surface area contributed by atoms with Crippen molar-refractivity contribution < 1.29 is 4.79 Å². The summed E-state index contributed by atoms with van der Waals surface area (Å²) < 4.78 is 5.84. The van der Waals surface area contributed by atoms with E-state index in [1.165, 1.54) is 0 Å². The van der Waals surface area contributed by atoms with Crippen molar-refractivity contribution in [2.24, 2.45) is 13.0 Å². The fourth-order valence-electron chi connectivity index (χ4n) is 2.32. The average Bonchev–Trinajstić information content (AvgIpc) is 3.01. The third-order valence-electron chi connectivity index (χ3n) is 3.61. The molecule has 1 atom stereocenters. The van der Waals surface area contributed by atoms with Crippen LogP contribution >= 0.6 is 11.5 Å². The van der Waals surface area contributed by atoms with Crippen LogP contribution in [0, 0.1) is 5.92 Å². The zero-order chi connectivity index (χ0) is 14.1. The van der Waals surface area contributed by atoms with Crippen molar-refractivity contribution >= 4 is 17.4 Å². The van der Waals surface area contributed by atoms with E-state index in [-0.39, 0.29) is 11.9 Å². The molecule has 0 bridgehead atoms. The van der Waals surface area contributed by atoms with E-state index < -0.39 is 0 Å². The van der Waals surface area contributed by atoms with Gasteiger partial charge < -0.3 is 9.88 Å². The van der Waals surface area contributed by atoms with Gasteiger partial charge in [0.2, 0.25) is 0 Å². The summed E-state index contributed by atoms with van der Waals surface area (Å²) in [4.78, 5) is 17.4. The minimum Gasteiger partial charge on any atom is -0.341 e. The van der Waals surface area contributed by atoms with Gasteiger partial charge in [-0.1, -0.05) is 11.4 Å². The maximum Gasteiger partial charge on any atom is 0.265 e. The van der Waals surface area contributed by atoms with Crippen molar-refractivity contribution in [2.75, 3.05) is 0 Å². The van der Waals surface area contributed by atoms with Gasteiger partial charge in [0.05, 0.1) is 11.7 Å². The highest BCUT2D eigenvalue weighted by atomic mass is 32.1. The SMILES string of the molecule is CCc1nnsc1C(=O)N[C@H](c1nccn1C)C1CC1. The summed E-state index contributed by atoms with van der Waals surface area (Å²) in [7, 11) is 1.95. The molecule has 0 saturated heterocycles.